The summed E-state index contributed by atoms with van der Waals surface area (Å²) in [5, 5.41) is 3.02. The minimum Gasteiger partial charge on any atom is -0.340 e. The number of rotatable bonds is 2. The molecule has 0 bridgehead atoms. The third-order valence-corrected chi connectivity index (χ3v) is 4.15. The lowest BCUT2D eigenvalue weighted by atomic mass is 9.78. The summed E-state index contributed by atoms with van der Waals surface area (Å²) < 4.78 is 0. The first kappa shape index (κ1) is 12.4. The van der Waals surface area contributed by atoms with Gasteiger partial charge in [-0.2, -0.15) is 0 Å². The van der Waals surface area contributed by atoms with Gasteiger partial charge < -0.3 is 10.2 Å². The van der Waals surface area contributed by atoms with Crippen molar-refractivity contribution >= 4 is 11.8 Å². The maximum atomic E-state index is 12.6. The third kappa shape index (κ3) is 1.94. The number of carbonyl (C=O) groups excluding carboxylic acids is 2. The van der Waals surface area contributed by atoms with E-state index in [4.69, 9.17) is 0 Å². The van der Waals surface area contributed by atoms with Crippen LogP contribution in [-0.4, -0.2) is 34.8 Å². The fourth-order valence-electron chi connectivity index (χ4n) is 3.19. The second-order valence-corrected chi connectivity index (χ2v) is 5.15. The van der Waals surface area contributed by atoms with Crippen LogP contribution in [0.1, 0.15) is 52.4 Å². The summed E-state index contributed by atoms with van der Waals surface area (Å²) in [6, 6.07) is -0.264. The van der Waals surface area contributed by atoms with Crippen LogP contribution in [0.2, 0.25) is 0 Å². The number of nitrogens with one attached hydrogen (secondary N) is 1. The summed E-state index contributed by atoms with van der Waals surface area (Å²) >= 11 is 0. The normalized spacial score (nSPS) is 28.4. The highest BCUT2D eigenvalue weighted by Gasteiger charge is 2.49. The van der Waals surface area contributed by atoms with E-state index in [1.54, 1.807) is 4.90 Å². The number of nitrogens with zero attached hydrogens (tertiary/aromatic N) is 1. The molecule has 1 aliphatic carbocycles. The topological polar surface area (TPSA) is 49.4 Å². The van der Waals surface area contributed by atoms with Crippen LogP contribution >= 0.6 is 0 Å². The smallest absolute Gasteiger partial charge is 0.248 e. The first-order valence-electron chi connectivity index (χ1n) is 6.77. The number of amides is 2. The number of carbonyl (C=O) groups is 2. The quantitative estimate of drug-likeness (QED) is 0.791. The van der Waals surface area contributed by atoms with Crippen molar-refractivity contribution < 1.29 is 9.59 Å². The molecule has 1 saturated carbocycles. The van der Waals surface area contributed by atoms with Gasteiger partial charge in [-0.05, 0) is 26.2 Å². The maximum Gasteiger partial charge on any atom is 0.248 e. The van der Waals surface area contributed by atoms with E-state index in [0.717, 1.165) is 25.7 Å². The molecular weight excluding hydrogens is 216 g/mol. The Hall–Kier alpha value is -1.06. The summed E-state index contributed by atoms with van der Waals surface area (Å²) in [4.78, 5) is 26.4. The van der Waals surface area contributed by atoms with Crippen LogP contribution in [0.4, 0.5) is 0 Å². The molecule has 1 N–H and O–H groups in total. The fourth-order valence-corrected chi connectivity index (χ4v) is 3.19. The van der Waals surface area contributed by atoms with Crippen LogP contribution in [0.25, 0.3) is 0 Å². The molecule has 0 radical (unpaired) electrons. The van der Waals surface area contributed by atoms with Crippen molar-refractivity contribution in [2.24, 2.45) is 0 Å². The van der Waals surface area contributed by atoms with Crippen molar-refractivity contribution in [1.82, 2.24) is 10.2 Å². The van der Waals surface area contributed by atoms with Crippen LogP contribution in [0.5, 0.6) is 0 Å². The van der Waals surface area contributed by atoms with Gasteiger partial charge in [-0.25, -0.2) is 0 Å². The van der Waals surface area contributed by atoms with Gasteiger partial charge in [0.15, 0.2) is 0 Å². The highest BCUT2D eigenvalue weighted by atomic mass is 16.2. The van der Waals surface area contributed by atoms with Crippen molar-refractivity contribution in [2.45, 2.75) is 64.0 Å². The van der Waals surface area contributed by atoms with E-state index in [-0.39, 0.29) is 17.9 Å². The molecule has 4 nitrogen and oxygen atoms in total. The molecular formula is C13H22N2O2. The molecule has 1 saturated heterocycles. The van der Waals surface area contributed by atoms with Crippen LogP contribution in [0, 0.1) is 0 Å². The van der Waals surface area contributed by atoms with Crippen molar-refractivity contribution in [1.29, 1.82) is 0 Å². The Morgan fingerprint density at radius 2 is 1.88 bits per heavy atom. The summed E-state index contributed by atoms with van der Waals surface area (Å²) in [6.07, 6.45) is 5.57. The molecule has 17 heavy (non-hydrogen) atoms. The molecule has 1 spiro atoms. The number of hydrogen-bond acceptors (Lipinski definition) is 2. The van der Waals surface area contributed by atoms with E-state index in [0.29, 0.717) is 13.0 Å². The molecule has 1 atom stereocenters. The van der Waals surface area contributed by atoms with Gasteiger partial charge in [0.25, 0.3) is 0 Å². The average Bonchev–Trinajstić information content (AvgIpc) is 2.34. The Morgan fingerprint density at radius 1 is 1.24 bits per heavy atom. The second-order valence-electron chi connectivity index (χ2n) is 5.15. The van der Waals surface area contributed by atoms with Crippen LogP contribution in [-0.2, 0) is 9.59 Å². The minimum absolute atomic E-state index is 0.0378. The minimum atomic E-state index is -0.572. The Kier molecular flexibility index (Phi) is 3.40. The molecule has 2 rings (SSSR count). The zero-order chi connectivity index (χ0) is 12.5. The maximum absolute atomic E-state index is 12.6. The standard InChI is InChI=1S/C13H22N2O2/c1-3-10-11(16)14-13(8-6-5-7-9-13)12(17)15(10)4-2/h10H,3-9H2,1-2H3,(H,14,16). The Bertz CT molecular complexity index is 321. The summed E-state index contributed by atoms with van der Waals surface area (Å²) in [5.74, 6) is 0.182. The number of hydrogen-bond donors (Lipinski definition) is 1. The van der Waals surface area contributed by atoms with Gasteiger partial charge in [0, 0.05) is 6.54 Å². The van der Waals surface area contributed by atoms with Gasteiger partial charge in [-0.1, -0.05) is 26.2 Å². The van der Waals surface area contributed by atoms with Crippen molar-refractivity contribution in [3.63, 3.8) is 0 Å². The van der Waals surface area contributed by atoms with Crippen molar-refractivity contribution in [2.75, 3.05) is 6.54 Å². The first-order chi connectivity index (χ1) is 8.14. The molecule has 1 heterocycles. The molecule has 96 valence electrons. The highest BCUT2D eigenvalue weighted by molar-refractivity contribution is 5.99. The number of piperazine rings is 1. The van der Waals surface area contributed by atoms with Gasteiger partial charge in [-0.3, -0.25) is 9.59 Å². The molecule has 2 fully saturated rings. The number of likely N-dealkylation sites (N-methyl/N-ethyl adjacent to an activating group) is 1. The monoisotopic (exact) mass is 238 g/mol. The predicted molar refractivity (Wildman–Crippen MR) is 65.4 cm³/mol. The van der Waals surface area contributed by atoms with E-state index >= 15 is 0 Å². The van der Waals surface area contributed by atoms with Crippen molar-refractivity contribution in [3.05, 3.63) is 0 Å². The van der Waals surface area contributed by atoms with Crippen LogP contribution < -0.4 is 5.32 Å². The van der Waals surface area contributed by atoms with Gasteiger partial charge >= 0.3 is 0 Å². The zero-order valence-corrected chi connectivity index (χ0v) is 10.8. The van der Waals surface area contributed by atoms with Crippen LogP contribution in [0.3, 0.4) is 0 Å². The fraction of sp³-hybridized carbons (Fsp3) is 0.846. The Balaban J connectivity index is 2.26. The van der Waals surface area contributed by atoms with E-state index in [9.17, 15) is 9.59 Å². The molecule has 0 aromatic rings. The van der Waals surface area contributed by atoms with Crippen LogP contribution in [0.15, 0.2) is 0 Å². The first-order valence-corrected chi connectivity index (χ1v) is 6.77. The van der Waals surface area contributed by atoms with Gasteiger partial charge in [0.2, 0.25) is 11.8 Å². The lowest BCUT2D eigenvalue weighted by Gasteiger charge is -2.47. The lowest BCUT2D eigenvalue weighted by molar-refractivity contribution is -0.156. The SMILES string of the molecule is CCC1C(=O)NC2(CCCCC2)C(=O)N1CC. The second kappa shape index (κ2) is 4.67. The van der Waals surface area contributed by atoms with E-state index in [2.05, 4.69) is 5.32 Å². The molecule has 1 aliphatic heterocycles. The summed E-state index contributed by atoms with van der Waals surface area (Å²) in [6.45, 7) is 4.54. The van der Waals surface area contributed by atoms with Gasteiger partial charge in [0.1, 0.15) is 11.6 Å². The van der Waals surface area contributed by atoms with Gasteiger partial charge in [0.05, 0.1) is 0 Å². The Morgan fingerprint density at radius 3 is 2.41 bits per heavy atom. The average molecular weight is 238 g/mol. The summed E-state index contributed by atoms with van der Waals surface area (Å²) in [7, 11) is 0. The van der Waals surface area contributed by atoms with E-state index < -0.39 is 5.54 Å². The Labute approximate surface area is 103 Å². The van der Waals surface area contributed by atoms with E-state index in [1.165, 1.54) is 6.42 Å². The molecule has 4 heteroatoms. The third-order valence-electron chi connectivity index (χ3n) is 4.15. The molecule has 2 amide bonds. The largest absolute Gasteiger partial charge is 0.340 e. The predicted octanol–water partition coefficient (Wildman–Crippen LogP) is 1.45. The molecule has 2 aliphatic rings. The van der Waals surface area contributed by atoms with Gasteiger partial charge in [-0.15, -0.1) is 0 Å². The molecule has 1 unspecified atom stereocenters. The van der Waals surface area contributed by atoms with E-state index in [1.807, 2.05) is 13.8 Å². The lowest BCUT2D eigenvalue weighted by Crippen LogP contribution is -2.70. The molecule has 0 aromatic heterocycles. The molecule has 0 aromatic carbocycles. The zero-order valence-electron chi connectivity index (χ0n) is 10.8. The highest BCUT2D eigenvalue weighted by Crippen LogP contribution is 2.33. The summed E-state index contributed by atoms with van der Waals surface area (Å²) in [5.41, 5.74) is -0.572. The van der Waals surface area contributed by atoms with Crippen molar-refractivity contribution in [3.8, 4) is 0 Å².